The maximum Gasteiger partial charge on any atom is 0.186 e. The molecular weight excluding hydrogens is 232 g/mol. The second-order valence-corrected chi connectivity index (χ2v) is 7.86. The van der Waals surface area contributed by atoms with E-state index < -0.39 is 0 Å². The van der Waals surface area contributed by atoms with Crippen LogP contribution in [-0.2, 0) is 4.79 Å². The minimum absolute atomic E-state index is 0.113. The van der Waals surface area contributed by atoms with Crippen LogP contribution in [0.25, 0.3) is 0 Å². The number of hydrogen-bond acceptors (Lipinski definition) is 1. The van der Waals surface area contributed by atoms with Gasteiger partial charge in [0, 0.05) is 11.1 Å². The summed E-state index contributed by atoms with van der Waals surface area (Å²) in [5, 5.41) is 0. The van der Waals surface area contributed by atoms with Gasteiger partial charge in [-0.15, -0.1) is 0 Å². The van der Waals surface area contributed by atoms with Gasteiger partial charge in [-0.3, -0.25) is 4.79 Å². The van der Waals surface area contributed by atoms with Gasteiger partial charge in [0.2, 0.25) is 0 Å². The lowest BCUT2D eigenvalue weighted by Crippen LogP contribution is -2.28. The SMILES string of the molecule is CC(C)C=C1C=C(C(C)(C)C)C(=O)C(C(C)(C)C)=C1. The van der Waals surface area contributed by atoms with Crippen LogP contribution in [0.4, 0.5) is 0 Å². The van der Waals surface area contributed by atoms with E-state index in [0.29, 0.717) is 5.92 Å². The highest BCUT2D eigenvalue weighted by Gasteiger charge is 2.33. The first-order valence-corrected chi connectivity index (χ1v) is 7.14. The average molecular weight is 260 g/mol. The molecule has 0 spiro atoms. The third kappa shape index (κ3) is 3.92. The highest BCUT2D eigenvalue weighted by Crippen LogP contribution is 2.38. The van der Waals surface area contributed by atoms with Crippen molar-refractivity contribution in [1.82, 2.24) is 0 Å². The Morgan fingerprint density at radius 1 is 0.895 bits per heavy atom. The second-order valence-electron chi connectivity index (χ2n) is 7.86. The molecule has 0 amide bonds. The molecule has 1 nitrogen and oxygen atoms in total. The highest BCUT2D eigenvalue weighted by atomic mass is 16.1. The predicted octanol–water partition coefficient (Wildman–Crippen LogP) is 5.10. The van der Waals surface area contributed by atoms with Gasteiger partial charge in [0.15, 0.2) is 5.78 Å². The van der Waals surface area contributed by atoms with Gasteiger partial charge in [0.1, 0.15) is 0 Å². The Labute approximate surface area is 118 Å². The van der Waals surface area contributed by atoms with Crippen LogP contribution >= 0.6 is 0 Å². The molecule has 0 radical (unpaired) electrons. The Bertz CT molecular complexity index is 421. The first kappa shape index (κ1) is 15.9. The van der Waals surface area contributed by atoms with Crippen LogP contribution in [0.5, 0.6) is 0 Å². The number of allylic oxidation sites excluding steroid dienone is 6. The zero-order valence-electron chi connectivity index (χ0n) is 13.7. The Kier molecular flexibility index (Phi) is 4.29. The predicted molar refractivity (Wildman–Crippen MR) is 83.0 cm³/mol. The Morgan fingerprint density at radius 2 is 1.26 bits per heavy atom. The van der Waals surface area contributed by atoms with Gasteiger partial charge in [0.25, 0.3) is 0 Å². The Hall–Kier alpha value is -1.11. The largest absolute Gasteiger partial charge is 0.289 e. The van der Waals surface area contributed by atoms with Crippen LogP contribution < -0.4 is 0 Å². The number of Topliss-reactive ketones (excluding diaryl/α,β-unsaturated/α-hetero) is 1. The monoisotopic (exact) mass is 260 g/mol. The summed E-state index contributed by atoms with van der Waals surface area (Å²) in [4.78, 5) is 12.7. The van der Waals surface area contributed by atoms with E-state index >= 15 is 0 Å². The molecule has 0 atom stereocenters. The number of hydrogen-bond donors (Lipinski definition) is 0. The summed E-state index contributed by atoms with van der Waals surface area (Å²) in [6, 6.07) is 0. The van der Waals surface area contributed by atoms with Gasteiger partial charge < -0.3 is 0 Å². The van der Waals surface area contributed by atoms with Gasteiger partial charge in [-0.1, -0.05) is 61.5 Å². The lowest BCUT2D eigenvalue weighted by Gasteiger charge is -2.31. The topological polar surface area (TPSA) is 17.1 Å². The quantitative estimate of drug-likeness (QED) is 0.641. The van der Waals surface area contributed by atoms with Gasteiger partial charge in [-0.2, -0.15) is 0 Å². The molecule has 0 unspecified atom stereocenters. The van der Waals surface area contributed by atoms with Crippen molar-refractivity contribution in [3.63, 3.8) is 0 Å². The van der Waals surface area contributed by atoms with E-state index in [1.54, 1.807) is 0 Å². The molecule has 0 aromatic rings. The van der Waals surface area contributed by atoms with Crippen LogP contribution in [0.15, 0.2) is 34.9 Å². The highest BCUT2D eigenvalue weighted by molar-refractivity contribution is 6.11. The average Bonchev–Trinajstić information content (AvgIpc) is 2.16. The molecule has 0 saturated carbocycles. The normalized spacial score (nSPS) is 17.5. The molecule has 0 bridgehead atoms. The van der Waals surface area contributed by atoms with Crippen molar-refractivity contribution in [2.45, 2.75) is 55.4 Å². The zero-order valence-corrected chi connectivity index (χ0v) is 13.7. The molecule has 0 aromatic heterocycles. The van der Waals surface area contributed by atoms with Gasteiger partial charge in [0.05, 0.1) is 0 Å². The summed E-state index contributed by atoms with van der Waals surface area (Å²) < 4.78 is 0. The van der Waals surface area contributed by atoms with Crippen LogP contribution in [0.1, 0.15) is 55.4 Å². The van der Waals surface area contributed by atoms with E-state index in [4.69, 9.17) is 0 Å². The van der Waals surface area contributed by atoms with E-state index in [1.807, 2.05) is 0 Å². The summed E-state index contributed by atoms with van der Waals surface area (Å²) in [6.07, 6.45) is 6.36. The van der Waals surface area contributed by atoms with Gasteiger partial charge in [-0.05, 0) is 34.5 Å². The molecule has 1 rings (SSSR count). The minimum Gasteiger partial charge on any atom is -0.289 e. The fourth-order valence-electron chi connectivity index (χ4n) is 2.25. The second kappa shape index (κ2) is 5.11. The first-order chi connectivity index (χ1) is 8.43. The number of carbonyl (C=O) groups is 1. The van der Waals surface area contributed by atoms with Crippen LogP contribution in [0.2, 0.25) is 0 Å². The summed E-state index contributed by atoms with van der Waals surface area (Å²) in [7, 11) is 0. The molecule has 0 N–H and O–H groups in total. The Morgan fingerprint density at radius 3 is 1.53 bits per heavy atom. The lowest BCUT2D eigenvalue weighted by molar-refractivity contribution is -0.114. The standard InChI is InChI=1S/C18H28O/c1-12(2)9-13-10-14(17(3,4)5)16(19)15(11-13)18(6,7)8/h9-12H,1-8H3. The van der Waals surface area contributed by atoms with E-state index in [1.165, 1.54) is 5.57 Å². The molecule has 0 heterocycles. The molecule has 1 aliphatic rings. The fourth-order valence-corrected chi connectivity index (χ4v) is 2.25. The third-order valence-corrected chi connectivity index (χ3v) is 3.25. The Balaban J connectivity index is 3.39. The molecule has 0 saturated heterocycles. The van der Waals surface area contributed by atoms with Crippen LogP contribution in [0, 0.1) is 16.7 Å². The molecule has 0 fully saturated rings. The van der Waals surface area contributed by atoms with Crippen molar-refractivity contribution in [2.75, 3.05) is 0 Å². The van der Waals surface area contributed by atoms with Crippen molar-refractivity contribution in [3.8, 4) is 0 Å². The van der Waals surface area contributed by atoms with Crippen molar-refractivity contribution in [3.05, 3.63) is 34.9 Å². The smallest absolute Gasteiger partial charge is 0.186 e. The summed E-state index contributed by atoms with van der Waals surface area (Å²) in [5.41, 5.74) is 2.79. The molecule has 1 aliphatic carbocycles. The van der Waals surface area contributed by atoms with Crippen LogP contribution in [-0.4, -0.2) is 5.78 Å². The lowest BCUT2D eigenvalue weighted by atomic mass is 9.71. The number of ketones is 1. The van der Waals surface area contributed by atoms with Crippen molar-refractivity contribution >= 4 is 5.78 Å². The maximum atomic E-state index is 12.7. The van der Waals surface area contributed by atoms with Crippen molar-refractivity contribution < 1.29 is 4.79 Å². The number of rotatable bonds is 1. The van der Waals surface area contributed by atoms with Gasteiger partial charge in [-0.25, -0.2) is 0 Å². The molecule has 0 aromatic carbocycles. The van der Waals surface area contributed by atoms with Crippen molar-refractivity contribution in [1.29, 1.82) is 0 Å². The summed E-state index contributed by atoms with van der Waals surface area (Å²) in [5.74, 6) is 0.694. The van der Waals surface area contributed by atoms with E-state index in [-0.39, 0.29) is 16.6 Å². The fraction of sp³-hybridized carbons (Fsp3) is 0.611. The summed E-state index contributed by atoms with van der Waals surface area (Å²) in [6.45, 7) is 17.0. The van der Waals surface area contributed by atoms with E-state index in [0.717, 1.165) is 11.1 Å². The molecule has 1 heteroatoms. The summed E-state index contributed by atoms with van der Waals surface area (Å²) >= 11 is 0. The molecule has 19 heavy (non-hydrogen) atoms. The van der Waals surface area contributed by atoms with E-state index in [2.05, 4.69) is 73.6 Å². The molecule has 106 valence electrons. The minimum atomic E-state index is -0.113. The third-order valence-electron chi connectivity index (χ3n) is 3.25. The van der Waals surface area contributed by atoms with Crippen LogP contribution in [0.3, 0.4) is 0 Å². The number of carbonyl (C=O) groups excluding carboxylic acids is 1. The maximum absolute atomic E-state index is 12.7. The van der Waals surface area contributed by atoms with Crippen molar-refractivity contribution in [2.24, 2.45) is 16.7 Å². The molecule has 0 aliphatic heterocycles. The first-order valence-electron chi connectivity index (χ1n) is 7.14. The molecular formula is C18H28O. The van der Waals surface area contributed by atoms with E-state index in [9.17, 15) is 4.79 Å². The van der Waals surface area contributed by atoms with Gasteiger partial charge >= 0.3 is 0 Å². The zero-order chi connectivity index (χ0) is 15.0.